The number of aliphatic hydroxyl groups is 1. The Morgan fingerprint density at radius 2 is 1.60 bits per heavy atom. The molecule has 1 N–H and O–H groups in total. The average molecular weight is 578 g/mol. The maximum Gasteiger partial charge on any atom is 0.338 e. The van der Waals surface area contributed by atoms with Crippen molar-refractivity contribution in [3.63, 3.8) is 0 Å². The van der Waals surface area contributed by atoms with E-state index in [9.17, 15) is 18.3 Å². The summed E-state index contributed by atoms with van der Waals surface area (Å²) in [5, 5.41) is 11.5. The third kappa shape index (κ3) is 7.79. The minimum Gasteiger partial charge on any atom is -0.462 e. The monoisotopic (exact) mass is 577 g/mol. The molecule has 6 nitrogen and oxygen atoms in total. The van der Waals surface area contributed by atoms with E-state index >= 15 is 0 Å². The maximum absolute atomic E-state index is 13.2. The lowest BCUT2D eigenvalue weighted by molar-refractivity contribution is 0.0526. The first kappa shape index (κ1) is 29.5. The quantitative estimate of drug-likeness (QED) is 0.204. The normalized spacial score (nSPS) is 12.3. The molecule has 0 aliphatic rings. The number of esters is 1. The van der Waals surface area contributed by atoms with Crippen molar-refractivity contribution in [1.29, 1.82) is 0 Å². The van der Waals surface area contributed by atoms with Gasteiger partial charge in [-0.25, -0.2) is 13.2 Å². The summed E-state index contributed by atoms with van der Waals surface area (Å²) in [6.07, 6.45) is -0.0476. The predicted octanol–water partition coefficient (Wildman–Crippen LogP) is 6.13. The number of hydrogen-bond donors (Lipinski definition) is 1. The van der Waals surface area contributed by atoms with Crippen LogP contribution in [0.3, 0.4) is 0 Å². The number of nitrogens with zero attached hydrogens (tertiary/aromatic N) is 1. The molecule has 8 heteroatoms. The van der Waals surface area contributed by atoms with Gasteiger partial charge in [0.15, 0.2) is 0 Å². The van der Waals surface area contributed by atoms with E-state index in [4.69, 9.17) is 16.3 Å². The number of carbonyl (C=O) groups is 1. The van der Waals surface area contributed by atoms with Crippen molar-refractivity contribution in [1.82, 2.24) is 4.90 Å². The molecular weight excluding hydrogens is 546 g/mol. The standard InChI is InChI=1S/C32H32ClNO5S/c1-2-39-32(36)27-11-7-13-30(21-27)40(37,38)29-16-14-24(15-17-29)18-19-34(22-25-8-4-3-5-9-25)23-31(35)26-10-6-12-28(33)20-26/h3-17,20-21,31,35H,2,18-19,22-23H2,1H3/t31-/m1/s1. The highest BCUT2D eigenvalue weighted by molar-refractivity contribution is 7.91. The van der Waals surface area contributed by atoms with Crippen LogP contribution in [0.15, 0.2) is 113 Å². The van der Waals surface area contributed by atoms with Crippen LogP contribution < -0.4 is 0 Å². The molecule has 0 amide bonds. The lowest BCUT2D eigenvalue weighted by Crippen LogP contribution is -2.30. The highest BCUT2D eigenvalue weighted by atomic mass is 35.5. The smallest absolute Gasteiger partial charge is 0.338 e. The number of halogens is 1. The first-order valence-corrected chi connectivity index (χ1v) is 14.9. The number of benzene rings is 4. The van der Waals surface area contributed by atoms with Gasteiger partial charge >= 0.3 is 5.97 Å². The average Bonchev–Trinajstić information content (AvgIpc) is 2.97. The summed E-state index contributed by atoms with van der Waals surface area (Å²) in [4.78, 5) is 14.4. The second-order valence-corrected chi connectivity index (χ2v) is 11.8. The summed E-state index contributed by atoms with van der Waals surface area (Å²) < 4.78 is 31.5. The van der Waals surface area contributed by atoms with E-state index in [-0.39, 0.29) is 22.0 Å². The molecule has 4 rings (SSSR count). The molecule has 0 aromatic heterocycles. The SMILES string of the molecule is CCOC(=O)c1cccc(S(=O)(=O)c2ccc(CCN(Cc3ccccc3)C[C@@H](O)c3cccc(Cl)c3)cc2)c1. The zero-order valence-electron chi connectivity index (χ0n) is 22.2. The number of ether oxygens (including phenoxy) is 1. The van der Waals surface area contributed by atoms with Crippen molar-refractivity contribution in [3.8, 4) is 0 Å². The van der Waals surface area contributed by atoms with Crippen molar-refractivity contribution in [3.05, 3.63) is 130 Å². The highest BCUT2D eigenvalue weighted by Gasteiger charge is 2.20. The molecule has 0 unspecified atom stereocenters. The summed E-state index contributed by atoms with van der Waals surface area (Å²) in [5.41, 5.74) is 3.05. The predicted molar refractivity (Wildman–Crippen MR) is 156 cm³/mol. The Balaban J connectivity index is 1.46. The molecule has 208 valence electrons. The summed E-state index contributed by atoms with van der Waals surface area (Å²) in [5.74, 6) is -0.560. The van der Waals surface area contributed by atoms with E-state index in [0.717, 1.165) is 16.7 Å². The Morgan fingerprint density at radius 1 is 0.875 bits per heavy atom. The lowest BCUT2D eigenvalue weighted by Gasteiger charge is -2.25. The summed E-state index contributed by atoms with van der Waals surface area (Å²) in [6.45, 7) is 3.63. The van der Waals surface area contributed by atoms with Gasteiger partial charge in [0.25, 0.3) is 0 Å². The number of aliphatic hydroxyl groups excluding tert-OH is 1. The molecule has 0 heterocycles. The van der Waals surface area contributed by atoms with E-state index < -0.39 is 21.9 Å². The Hall–Kier alpha value is -3.49. The van der Waals surface area contributed by atoms with Crippen LogP contribution >= 0.6 is 11.6 Å². The van der Waals surface area contributed by atoms with Gasteiger partial charge in [-0.15, -0.1) is 0 Å². The number of hydrogen-bond acceptors (Lipinski definition) is 6. The van der Waals surface area contributed by atoms with Gasteiger partial charge in [0, 0.05) is 24.7 Å². The minimum absolute atomic E-state index is 0.0369. The molecular formula is C32H32ClNO5S. The largest absolute Gasteiger partial charge is 0.462 e. The maximum atomic E-state index is 13.2. The van der Waals surface area contributed by atoms with Crippen LogP contribution in [-0.4, -0.2) is 44.1 Å². The van der Waals surface area contributed by atoms with Crippen LogP contribution in [0.2, 0.25) is 5.02 Å². The minimum atomic E-state index is -3.81. The number of rotatable bonds is 12. The number of sulfone groups is 1. The van der Waals surface area contributed by atoms with Crippen LogP contribution in [0.4, 0.5) is 0 Å². The van der Waals surface area contributed by atoms with Crippen LogP contribution in [-0.2, 0) is 27.5 Å². The van der Waals surface area contributed by atoms with Crippen molar-refractivity contribution >= 4 is 27.4 Å². The van der Waals surface area contributed by atoms with Gasteiger partial charge in [-0.2, -0.15) is 0 Å². The molecule has 0 fully saturated rings. The molecule has 0 aliphatic carbocycles. The fourth-order valence-corrected chi connectivity index (χ4v) is 5.91. The fourth-order valence-electron chi connectivity index (χ4n) is 4.40. The lowest BCUT2D eigenvalue weighted by atomic mass is 10.1. The van der Waals surface area contributed by atoms with Crippen LogP contribution in [0.1, 0.15) is 40.1 Å². The molecule has 4 aromatic carbocycles. The zero-order valence-corrected chi connectivity index (χ0v) is 23.8. The van der Waals surface area contributed by atoms with Gasteiger partial charge < -0.3 is 9.84 Å². The molecule has 0 saturated carbocycles. The fraction of sp³-hybridized carbons (Fsp3) is 0.219. The molecule has 0 aliphatic heterocycles. The van der Waals surface area contributed by atoms with Crippen LogP contribution in [0.25, 0.3) is 0 Å². The summed E-state index contributed by atoms with van der Waals surface area (Å²) in [6, 6.07) is 29.9. The van der Waals surface area contributed by atoms with Gasteiger partial charge in [-0.3, -0.25) is 4.90 Å². The van der Waals surface area contributed by atoms with Crippen molar-refractivity contribution in [2.45, 2.75) is 35.8 Å². The third-order valence-electron chi connectivity index (χ3n) is 6.52. The molecule has 1 atom stereocenters. The van der Waals surface area contributed by atoms with Gasteiger partial charge in [0.2, 0.25) is 9.84 Å². The van der Waals surface area contributed by atoms with E-state index in [2.05, 4.69) is 17.0 Å². The molecule has 4 aromatic rings. The van der Waals surface area contributed by atoms with Crippen molar-refractivity contribution in [2.24, 2.45) is 0 Å². The van der Waals surface area contributed by atoms with Gasteiger partial charge in [0.1, 0.15) is 0 Å². The van der Waals surface area contributed by atoms with E-state index in [1.165, 1.54) is 24.3 Å². The molecule has 0 radical (unpaired) electrons. The Bertz CT molecular complexity index is 1520. The van der Waals surface area contributed by atoms with E-state index in [0.29, 0.717) is 31.1 Å². The van der Waals surface area contributed by atoms with Gasteiger partial charge in [-0.05, 0) is 72.5 Å². The molecule has 0 bridgehead atoms. The van der Waals surface area contributed by atoms with E-state index in [1.54, 1.807) is 43.3 Å². The Labute approximate surface area is 240 Å². The van der Waals surface area contributed by atoms with E-state index in [1.807, 2.05) is 30.3 Å². The molecule has 0 saturated heterocycles. The highest BCUT2D eigenvalue weighted by Crippen LogP contribution is 2.24. The van der Waals surface area contributed by atoms with Gasteiger partial charge in [-0.1, -0.05) is 72.3 Å². The molecule has 40 heavy (non-hydrogen) atoms. The first-order chi connectivity index (χ1) is 19.3. The van der Waals surface area contributed by atoms with Crippen LogP contribution in [0, 0.1) is 0 Å². The topological polar surface area (TPSA) is 83.9 Å². The third-order valence-corrected chi connectivity index (χ3v) is 8.52. The van der Waals surface area contributed by atoms with Crippen LogP contribution in [0.5, 0.6) is 0 Å². The van der Waals surface area contributed by atoms with Crippen molar-refractivity contribution < 1.29 is 23.1 Å². The molecule has 0 spiro atoms. The first-order valence-electron chi connectivity index (χ1n) is 13.1. The van der Waals surface area contributed by atoms with Crippen molar-refractivity contribution in [2.75, 3.05) is 19.7 Å². The van der Waals surface area contributed by atoms with Gasteiger partial charge in [0.05, 0.1) is 28.1 Å². The summed E-state index contributed by atoms with van der Waals surface area (Å²) in [7, 11) is -3.81. The Kier molecular flexibility index (Phi) is 10.1. The number of carbonyl (C=O) groups excluding carboxylic acids is 1. The summed E-state index contributed by atoms with van der Waals surface area (Å²) >= 11 is 6.13. The second-order valence-electron chi connectivity index (χ2n) is 9.44. The Morgan fingerprint density at radius 3 is 2.30 bits per heavy atom. The second kappa shape index (κ2) is 13.7. The zero-order chi connectivity index (χ0) is 28.5.